The minimum Gasteiger partial charge on any atom is -0.508 e. The van der Waals surface area contributed by atoms with Crippen LogP contribution in [0.15, 0.2) is 40.9 Å². The number of halogens is 1. The van der Waals surface area contributed by atoms with E-state index < -0.39 is 0 Å². The highest BCUT2D eigenvalue weighted by Gasteiger charge is 2.22. The lowest BCUT2D eigenvalue weighted by Crippen LogP contribution is -2.04. The van der Waals surface area contributed by atoms with Crippen LogP contribution >= 0.6 is 15.9 Å². The molecule has 0 aliphatic rings. The third kappa shape index (κ3) is 3.14. The fourth-order valence-electron chi connectivity index (χ4n) is 2.21. The van der Waals surface area contributed by atoms with Crippen LogP contribution in [-0.2, 0) is 0 Å². The molecular weight excluding hydrogens is 332 g/mol. The van der Waals surface area contributed by atoms with Gasteiger partial charge in [0.15, 0.2) is 0 Å². The first kappa shape index (κ1) is 15.3. The normalized spacial score (nSPS) is 11.5. The number of aromatic hydroxyl groups is 1. The first-order chi connectivity index (χ1) is 10.1. The van der Waals surface area contributed by atoms with Gasteiger partial charge in [-0.05, 0) is 17.7 Å². The molecular formula is C17H15BrO3. The molecule has 0 bridgehead atoms. The van der Waals surface area contributed by atoms with Gasteiger partial charge in [0, 0.05) is 16.6 Å². The van der Waals surface area contributed by atoms with E-state index in [0.29, 0.717) is 11.5 Å². The molecule has 2 aromatic rings. The molecule has 0 spiro atoms. The third-order valence-corrected chi connectivity index (χ3v) is 3.72. The molecule has 0 aromatic heterocycles. The highest BCUT2D eigenvalue weighted by atomic mass is 79.9. The van der Waals surface area contributed by atoms with Crippen LogP contribution < -0.4 is 9.47 Å². The topological polar surface area (TPSA) is 38.7 Å². The Balaban J connectivity index is 2.62. The van der Waals surface area contributed by atoms with Gasteiger partial charge in [-0.15, -0.1) is 6.42 Å². The molecule has 0 fully saturated rings. The van der Waals surface area contributed by atoms with Gasteiger partial charge in [0.25, 0.3) is 0 Å². The summed E-state index contributed by atoms with van der Waals surface area (Å²) in [5.74, 6) is 3.50. The number of rotatable bonds is 4. The van der Waals surface area contributed by atoms with Crippen molar-refractivity contribution in [2.75, 3.05) is 14.2 Å². The number of terminal acetylenes is 1. The SMILES string of the molecule is C#CC(c1ccc(Br)cc1)c1c(OC)cc(O)cc1OC. The second-order valence-corrected chi connectivity index (χ2v) is 5.33. The molecule has 3 nitrogen and oxygen atoms in total. The van der Waals surface area contributed by atoms with Crippen LogP contribution in [0.4, 0.5) is 0 Å². The molecule has 0 heterocycles. The van der Waals surface area contributed by atoms with Crippen LogP contribution in [-0.4, -0.2) is 19.3 Å². The molecule has 0 aliphatic heterocycles. The lowest BCUT2D eigenvalue weighted by Gasteiger charge is -2.19. The molecule has 0 saturated carbocycles. The molecule has 21 heavy (non-hydrogen) atoms. The van der Waals surface area contributed by atoms with Crippen molar-refractivity contribution in [1.29, 1.82) is 0 Å². The van der Waals surface area contributed by atoms with E-state index >= 15 is 0 Å². The molecule has 2 rings (SSSR count). The van der Waals surface area contributed by atoms with Crippen LogP contribution in [0.1, 0.15) is 17.0 Å². The van der Waals surface area contributed by atoms with Crippen molar-refractivity contribution in [3.05, 3.63) is 52.0 Å². The van der Waals surface area contributed by atoms with Gasteiger partial charge in [0.1, 0.15) is 17.2 Å². The highest BCUT2D eigenvalue weighted by Crippen LogP contribution is 2.41. The van der Waals surface area contributed by atoms with Crippen molar-refractivity contribution in [2.45, 2.75) is 5.92 Å². The summed E-state index contributed by atoms with van der Waals surface area (Å²) < 4.78 is 11.7. The van der Waals surface area contributed by atoms with Crippen LogP contribution in [0, 0.1) is 12.3 Å². The van der Waals surface area contributed by atoms with Crippen molar-refractivity contribution in [1.82, 2.24) is 0 Å². The van der Waals surface area contributed by atoms with E-state index in [4.69, 9.17) is 15.9 Å². The lowest BCUT2D eigenvalue weighted by molar-refractivity contribution is 0.376. The number of ether oxygens (including phenoxy) is 2. The van der Waals surface area contributed by atoms with Crippen LogP contribution in [0.5, 0.6) is 17.2 Å². The van der Waals surface area contributed by atoms with Gasteiger partial charge in [-0.3, -0.25) is 0 Å². The summed E-state index contributed by atoms with van der Waals surface area (Å²) in [5, 5.41) is 9.72. The van der Waals surface area contributed by atoms with Gasteiger partial charge in [-0.1, -0.05) is 34.0 Å². The number of phenolic OH excluding ortho intramolecular Hbond substituents is 1. The molecule has 0 aliphatic carbocycles. The summed E-state index contributed by atoms with van der Waals surface area (Å²) >= 11 is 3.40. The van der Waals surface area contributed by atoms with Crippen LogP contribution in [0.25, 0.3) is 0 Å². The van der Waals surface area contributed by atoms with E-state index in [-0.39, 0.29) is 11.7 Å². The predicted molar refractivity (Wildman–Crippen MR) is 86.0 cm³/mol. The first-order valence-corrected chi connectivity index (χ1v) is 7.06. The Labute approximate surface area is 132 Å². The largest absolute Gasteiger partial charge is 0.508 e. The summed E-state index contributed by atoms with van der Waals surface area (Å²) in [5.41, 5.74) is 1.67. The Morgan fingerprint density at radius 2 is 1.62 bits per heavy atom. The summed E-state index contributed by atoms with van der Waals surface area (Å²) in [4.78, 5) is 0. The minimum absolute atomic E-state index is 0.0685. The Morgan fingerprint density at radius 3 is 2.05 bits per heavy atom. The van der Waals surface area contributed by atoms with Crippen molar-refractivity contribution >= 4 is 15.9 Å². The van der Waals surface area contributed by atoms with Gasteiger partial charge in [-0.2, -0.15) is 0 Å². The average molecular weight is 347 g/mol. The van der Waals surface area contributed by atoms with E-state index in [9.17, 15) is 5.11 Å². The standard InChI is InChI=1S/C17H15BrO3/c1-4-14(11-5-7-12(18)8-6-11)17-15(20-2)9-13(19)10-16(17)21-3/h1,5-10,14,19H,2-3H3. The zero-order valence-electron chi connectivity index (χ0n) is 11.8. The van der Waals surface area contributed by atoms with E-state index in [2.05, 4.69) is 21.9 Å². The van der Waals surface area contributed by atoms with Gasteiger partial charge in [0.2, 0.25) is 0 Å². The summed E-state index contributed by atoms with van der Waals surface area (Å²) in [6, 6.07) is 10.8. The molecule has 0 radical (unpaired) electrons. The fraction of sp³-hybridized carbons (Fsp3) is 0.176. The Morgan fingerprint density at radius 1 is 1.10 bits per heavy atom. The number of benzene rings is 2. The number of phenols is 1. The highest BCUT2D eigenvalue weighted by molar-refractivity contribution is 9.10. The van der Waals surface area contributed by atoms with Crippen LogP contribution in [0.2, 0.25) is 0 Å². The third-order valence-electron chi connectivity index (χ3n) is 3.19. The Kier molecular flexibility index (Phi) is 4.77. The molecule has 2 aromatic carbocycles. The number of hydrogen-bond donors (Lipinski definition) is 1. The smallest absolute Gasteiger partial charge is 0.131 e. The quantitative estimate of drug-likeness (QED) is 0.852. The zero-order chi connectivity index (χ0) is 15.4. The van der Waals surface area contributed by atoms with E-state index in [1.54, 1.807) is 0 Å². The lowest BCUT2D eigenvalue weighted by atomic mass is 9.90. The van der Waals surface area contributed by atoms with Crippen LogP contribution in [0.3, 0.4) is 0 Å². The van der Waals surface area contributed by atoms with E-state index in [0.717, 1.165) is 15.6 Å². The zero-order valence-corrected chi connectivity index (χ0v) is 13.3. The van der Waals surface area contributed by atoms with Gasteiger partial charge in [-0.25, -0.2) is 0 Å². The second-order valence-electron chi connectivity index (χ2n) is 4.42. The summed E-state index contributed by atoms with van der Waals surface area (Å²) in [6.07, 6.45) is 5.72. The van der Waals surface area contributed by atoms with Crippen molar-refractivity contribution in [3.63, 3.8) is 0 Å². The van der Waals surface area contributed by atoms with E-state index in [1.165, 1.54) is 26.4 Å². The summed E-state index contributed by atoms with van der Waals surface area (Å²) in [6.45, 7) is 0. The Hall–Kier alpha value is -2.12. The van der Waals surface area contributed by atoms with E-state index in [1.807, 2.05) is 24.3 Å². The maximum Gasteiger partial charge on any atom is 0.131 e. The minimum atomic E-state index is -0.330. The molecule has 108 valence electrons. The summed E-state index contributed by atoms with van der Waals surface area (Å²) in [7, 11) is 3.07. The van der Waals surface area contributed by atoms with Crippen molar-refractivity contribution in [2.24, 2.45) is 0 Å². The maximum atomic E-state index is 9.72. The molecule has 1 N–H and O–H groups in total. The van der Waals surface area contributed by atoms with Gasteiger partial charge < -0.3 is 14.6 Å². The second kappa shape index (κ2) is 6.55. The van der Waals surface area contributed by atoms with Gasteiger partial charge >= 0.3 is 0 Å². The monoisotopic (exact) mass is 346 g/mol. The van der Waals surface area contributed by atoms with Crippen molar-refractivity contribution in [3.8, 4) is 29.6 Å². The van der Waals surface area contributed by atoms with Gasteiger partial charge in [0.05, 0.1) is 25.7 Å². The Bertz CT molecular complexity index is 646. The molecule has 0 amide bonds. The number of hydrogen-bond acceptors (Lipinski definition) is 3. The first-order valence-electron chi connectivity index (χ1n) is 6.27. The van der Waals surface area contributed by atoms with Crippen molar-refractivity contribution < 1.29 is 14.6 Å². The fourth-order valence-corrected chi connectivity index (χ4v) is 2.48. The molecule has 1 atom stereocenters. The molecule has 1 unspecified atom stereocenters. The molecule has 4 heteroatoms. The maximum absolute atomic E-state index is 9.72. The number of methoxy groups -OCH3 is 2. The molecule has 0 saturated heterocycles. The average Bonchev–Trinajstić information content (AvgIpc) is 2.50. The predicted octanol–water partition coefficient (Wildman–Crippen LogP) is 3.94.